The maximum atomic E-state index is 2.48. The van der Waals surface area contributed by atoms with Gasteiger partial charge in [0.1, 0.15) is 0 Å². The van der Waals surface area contributed by atoms with Gasteiger partial charge in [-0.3, -0.25) is 0 Å². The van der Waals surface area contributed by atoms with E-state index in [1.165, 1.54) is 38.5 Å². The molecule has 0 N–H and O–H groups in total. The van der Waals surface area contributed by atoms with Gasteiger partial charge in [-0.1, -0.05) is 0 Å². The molecule has 0 aromatic carbocycles. The molecule has 158 valence electrons. The molecule has 2 aliphatic rings. The second kappa shape index (κ2) is 11.7. The Balaban J connectivity index is 0.00000364. The van der Waals surface area contributed by atoms with Crippen molar-refractivity contribution in [2.45, 2.75) is 101 Å². The summed E-state index contributed by atoms with van der Waals surface area (Å²) >= 11 is -0.743. The van der Waals surface area contributed by atoms with Gasteiger partial charge in [-0.2, -0.15) is 0 Å². The topological polar surface area (TPSA) is 0 Å². The molecule has 0 bridgehead atoms. The first-order valence-electron chi connectivity index (χ1n) is 10.8. The SMILES string of the molecule is CCCCC1=[C]([Zr+2][C]2=C(C)C(C)=C(C)C2(C)C)C(CCCC)C(C)=C1C.[Cl-].[Cl-]. The minimum atomic E-state index is -0.743. The van der Waals surface area contributed by atoms with Gasteiger partial charge in [0.15, 0.2) is 0 Å². The summed E-state index contributed by atoms with van der Waals surface area (Å²) in [5.41, 5.74) is 10.3. The van der Waals surface area contributed by atoms with Crippen molar-refractivity contribution in [2.75, 3.05) is 0 Å². The van der Waals surface area contributed by atoms with Gasteiger partial charge in [-0.05, 0) is 0 Å². The molecule has 0 aliphatic heterocycles. The summed E-state index contributed by atoms with van der Waals surface area (Å²) in [6.07, 6.45) is 8.04. The minimum Gasteiger partial charge on any atom is -1.00 e. The molecule has 2 aliphatic carbocycles. The average Bonchev–Trinajstić information content (AvgIpc) is 2.91. The van der Waals surface area contributed by atoms with E-state index in [4.69, 9.17) is 0 Å². The van der Waals surface area contributed by atoms with Crippen LogP contribution in [0.5, 0.6) is 0 Å². The molecule has 0 amide bonds. The summed E-state index contributed by atoms with van der Waals surface area (Å²) in [4.78, 5) is 0. The van der Waals surface area contributed by atoms with E-state index >= 15 is 0 Å². The second-order valence-electron chi connectivity index (χ2n) is 9.00. The molecule has 0 spiro atoms. The van der Waals surface area contributed by atoms with Gasteiger partial charge >= 0.3 is 175 Å². The molecule has 0 saturated carbocycles. The van der Waals surface area contributed by atoms with E-state index in [0.29, 0.717) is 5.41 Å². The van der Waals surface area contributed by atoms with Crippen LogP contribution in [0.1, 0.15) is 101 Å². The molecule has 0 saturated heterocycles. The summed E-state index contributed by atoms with van der Waals surface area (Å²) in [6, 6.07) is 0. The zero-order valence-corrected chi connectivity index (χ0v) is 23.5. The van der Waals surface area contributed by atoms with Crippen LogP contribution in [0, 0.1) is 11.3 Å². The van der Waals surface area contributed by atoms with E-state index < -0.39 is 23.2 Å². The van der Waals surface area contributed by atoms with Gasteiger partial charge in [0.05, 0.1) is 0 Å². The van der Waals surface area contributed by atoms with E-state index in [2.05, 4.69) is 62.3 Å². The fourth-order valence-electron chi connectivity index (χ4n) is 4.71. The molecular formula is C25H40Cl2Zr. The van der Waals surface area contributed by atoms with Crippen molar-refractivity contribution in [1.82, 2.24) is 0 Å². The van der Waals surface area contributed by atoms with Gasteiger partial charge in [-0.15, -0.1) is 0 Å². The van der Waals surface area contributed by atoms with Gasteiger partial charge in [0.2, 0.25) is 0 Å². The van der Waals surface area contributed by atoms with Crippen molar-refractivity contribution in [3.63, 3.8) is 0 Å². The number of allylic oxidation sites excluding steroid dienone is 8. The molecule has 0 radical (unpaired) electrons. The van der Waals surface area contributed by atoms with E-state index in [1.807, 2.05) is 6.56 Å². The molecular weight excluding hydrogens is 462 g/mol. The molecule has 2 rings (SSSR count). The Hall–Kier alpha value is 0.423. The van der Waals surface area contributed by atoms with Crippen molar-refractivity contribution < 1.29 is 48.0 Å². The number of hydrogen-bond donors (Lipinski definition) is 0. The van der Waals surface area contributed by atoms with Crippen LogP contribution in [0.25, 0.3) is 0 Å². The molecule has 0 aromatic heterocycles. The summed E-state index contributed by atoms with van der Waals surface area (Å²) < 4.78 is 3.79. The quantitative estimate of drug-likeness (QED) is 0.478. The van der Waals surface area contributed by atoms with Crippen LogP contribution in [-0.4, -0.2) is 0 Å². The molecule has 0 nitrogen and oxygen atoms in total. The Morgan fingerprint density at radius 1 is 0.821 bits per heavy atom. The Bertz CT molecular complexity index is 689. The second-order valence-corrected chi connectivity index (χ2v) is 12.2. The Kier molecular flexibility index (Phi) is 11.9. The Labute approximate surface area is 199 Å². The van der Waals surface area contributed by atoms with Crippen LogP contribution in [0.3, 0.4) is 0 Å². The van der Waals surface area contributed by atoms with Gasteiger partial charge in [0, 0.05) is 0 Å². The first-order valence-corrected chi connectivity index (χ1v) is 13.2. The van der Waals surface area contributed by atoms with Crippen molar-refractivity contribution >= 4 is 0 Å². The first kappa shape index (κ1) is 28.4. The molecule has 0 fully saturated rings. The van der Waals surface area contributed by atoms with Gasteiger partial charge < -0.3 is 24.8 Å². The normalized spacial score (nSPS) is 21.2. The van der Waals surface area contributed by atoms with Crippen LogP contribution in [0.4, 0.5) is 0 Å². The minimum absolute atomic E-state index is 0. The van der Waals surface area contributed by atoms with Crippen molar-refractivity contribution in [1.29, 1.82) is 0 Å². The third-order valence-electron chi connectivity index (χ3n) is 7.19. The first-order chi connectivity index (χ1) is 12.2. The smallest absolute Gasteiger partial charge is 1.00 e. The number of halogens is 2. The maximum absolute atomic E-state index is 2.48. The molecule has 1 unspecified atom stereocenters. The van der Waals surface area contributed by atoms with Gasteiger partial charge in [-0.25, -0.2) is 0 Å². The van der Waals surface area contributed by atoms with Crippen molar-refractivity contribution in [3.8, 4) is 0 Å². The van der Waals surface area contributed by atoms with E-state index in [9.17, 15) is 0 Å². The molecule has 0 heterocycles. The molecule has 3 heteroatoms. The summed E-state index contributed by atoms with van der Waals surface area (Å²) in [7, 11) is 0. The third-order valence-corrected chi connectivity index (χ3v) is 12.5. The standard InChI is InChI=1S/C15H25.C10H15.2ClH.Zr/c1-5-7-9-14-11-15(10-8-6-2)13(4)12(14)3;1-7-6-10(4,5)9(3)8(7)2;;;/h14H,5-10H2,1-4H3;1-5H3;2*1H;/q;;;;+2/p-2. The number of rotatable bonds is 8. The van der Waals surface area contributed by atoms with E-state index in [1.54, 1.807) is 33.4 Å². The Morgan fingerprint density at radius 2 is 1.39 bits per heavy atom. The number of hydrogen-bond acceptors (Lipinski definition) is 0. The molecule has 1 atom stereocenters. The van der Waals surface area contributed by atoms with Crippen LogP contribution in [0.15, 0.2) is 40.0 Å². The van der Waals surface area contributed by atoms with Crippen molar-refractivity contribution in [3.05, 3.63) is 40.0 Å². The largest absolute Gasteiger partial charge is 1.00 e. The number of unbranched alkanes of at least 4 members (excludes halogenated alkanes) is 2. The third kappa shape index (κ3) is 5.36. The predicted molar refractivity (Wildman–Crippen MR) is 113 cm³/mol. The summed E-state index contributed by atoms with van der Waals surface area (Å²) in [6.45, 7) is 21.6. The van der Waals surface area contributed by atoms with E-state index in [-0.39, 0.29) is 24.8 Å². The summed E-state index contributed by atoms with van der Waals surface area (Å²) in [5, 5.41) is 0. The average molecular weight is 503 g/mol. The fraction of sp³-hybridized carbons (Fsp3) is 0.680. The molecule has 28 heavy (non-hydrogen) atoms. The van der Waals surface area contributed by atoms with E-state index in [0.717, 1.165) is 5.92 Å². The fourth-order valence-corrected chi connectivity index (χ4v) is 9.98. The van der Waals surface area contributed by atoms with Crippen LogP contribution < -0.4 is 24.8 Å². The van der Waals surface area contributed by atoms with Gasteiger partial charge in [0.25, 0.3) is 0 Å². The Morgan fingerprint density at radius 3 is 1.86 bits per heavy atom. The predicted octanol–water partition coefficient (Wildman–Crippen LogP) is 2.33. The monoisotopic (exact) mass is 500 g/mol. The zero-order valence-electron chi connectivity index (χ0n) is 19.6. The van der Waals surface area contributed by atoms with Crippen LogP contribution in [0.2, 0.25) is 0 Å². The molecule has 0 aromatic rings. The zero-order chi connectivity index (χ0) is 19.6. The maximum Gasteiger partial charge on any atom is -1.00 e. The van der Waals surface area contributed by atoms with Crippen LogP contribution in [-0.2, 0) is 23.2 Å². The van der Waals surface area contributed by atoms with Crippen LogP contribution >= 0.6 is 0 Å². The van der Waals surface area contributed by atoms with Crippen molar-refractivity contribution in [2.24, 2.45) is 11.3 Å². The summed E-state index contributed by atoms with van der Waals surface area (Å²) in [5.74, 6) is 0.769.